The monoisotopic (exact) mass is 583 g/mol. The van der Waals surface area contributed by atoms with Crippen molar-refractivity contribution in [1.82, 2.24) is 10.2 Å². The lowest BCUT2D eigenvalue weighted by atomic mass is 10.0. The highest BCUT2D eigenvalue weighted by Gasteiger charge is 2.29. The number of carbonyl (C=O) groups is 3. The molecule has 1 unspecified atom stereocenters. The summed E-state index contributed by atoms with van der Waals surface area (Å²) in [5.74, 6) is 0.313. The van der Waals surface area contributed by atoms with Crippen molar-refractivity contribution in [1.29, 1.82) is 0 Å². The minimum atomic E-state index is -0.438. The molecule has 1 saturated carbocycles. The summed E-state index contributed by atoms with van der Waals surface area (Å²) >= 11 is 0. The number of hydrogen-bond donors (Lipinski definition) is 4. The number of anilines is 2. The molecule has 1 saturated heterocycles. The van der Waals surface area contributed by atoms with Crippen molar-refractivity contribution in [2.75, 3.05) is 43.4 Å². The Kier molecular flexibility index (Phi) is 10.5. The highest BCUT2D eigenvalue weighted by atomic mass is 16.6. The third-order valence-corrected chi connectivity index (χ3v) is 8.06. The van der Waals surface area contributed by atoms with Crippen molar-refractivity contribution in [3.8, 4) is 11.1 Å². The van der Waals surface area contributed by atoms with Crippen molar-refractivity contribution in [2.24, 2.45) is 11.7 Å². The molecular weight excluding hydrogens is 542 g/mol. The van der Waals surface area contributed by atoms with Crippen LogP contribution in [0.5, 0.6) is 0 Å². The number of likely N-dealkylation sites (tertiary alicyclic amines) is 1. The van der Waals surface area contributed by atoms with Crippen LogP contribution in [-0.2, 0) is 9.53 Å². The number of nitrogens with zero attached hydrogens (tertiary/aromatic N) is 1. The summed E-state index contributed by atoms with van der Waals surface area (Å²) in [6, 6.07) is 24.6. The van der Waals surface area contributed by atoms with Crippen LogP contribution in [0.25, 0.3) is 11.1 Å². The second-order valence-electron chi connectivity index (χ2n) is 11.4. The summed E-state index contributed by atoms with van der Waals surface area (Å²) in [4.78, 5) is 40.0. The van der Waals surface area contributed by atoms with Crippen LogP contribution >= 0.6 is 0 Å². The van der Waals surface area contributed by atoms with E-state index in [0.717, 1.165) is 62.1 Å². The van der Waals surface area contributed by atoms with Crippen molar-refractivity contribution < 1.29 is 19.1 Å². The molecule has 5 rings (SSSR count). The number of amides is 2. The van der Waals surface area contributed by atoms with Crippen LogP contribution in [0.15, 0.2) is 78.9 Å². The lowest BCUT2D eigenvalue weighted by Gasteiger charge is -2.31. The Morgan fingerprint density at radius 3 is 2.40 bits per heavy atom. The van der Waals surface area contributed by atoms with Gasteiger partial charge >= 0.3 is 6.09 Å². The molecule has 3 aromatic carbocycles. The first-order chi connectivity index (χ1) is 20.9. The highest BCUT2D eigenvalue weighted by Crippen LogP contribution is 2.33. The molecule has 9 nitrogen and oxygen atoms in total. The number of rotatable bonds is 13. The fourth-order valence-corrected chi connectivity index (χ4v) is 5.43. The van der Waals surface area contributed by atoms with E-state index in [4.69, 9.17) is 10.5 Å². The van der Waals surface area contributed by atoms with E-state index < -0.39 is 6.09 Å². The van der Waals surface area contributed by atoms with Gasteiger partial charge in [-0.25, -0.2) is 4.79 Å². The van der Waals surface area contributed by atoms with E-state index in [1.54, 1.807) is 24.3 Å². The van der Waals surface area contributed by atoms with Crippen molar-refractivity contribution in [3.05, 3.63) is 84.4 Å². The van der Waals surface area contributed by atoms with E-state index in [0.29, 0.717) is 30.1 Å². The first-order valence-electron chi connectivity index (χ1n) is 15.2. The molecule has 226 valence electrons. The van der Waals surface area contributed by atoms with Gasteiger partial charge in [-0.1, -0.05) is 60.7 Å². The van der Waals surface area contributed by atoms with E-state index in [-0.39, 0.29) is 30.4 Å². The van der Waals surface area contributed by atoms with Gasteiger partial charge in [0.15, 0.2) is 5.78 Å². The van der Waals surface area contributed by atoms with E-state index in [1.165, 1.54) is 0 Å². The van der Waals surface area contributed by atoms with Gasteiger partial charge in [0.2, 0.25) is 5.91 Å². The van der Waals surface area contributed by atoms with Gasteiger partial charge in [0.05, 0.1) is 12.2 Å². The zero-order valence-electron chi connectivity index (χ0n) is 24.5. The summed E-state index contributed by atoms with van der Waals surface area (Å²) in [6.45, 7) is 3.33. The van der Waals surface area contributed by atoms with Crippen molar-refractivity contribution >= 4 is 29.2 Å². The largest absolute Gasteiger partial charge is 0.446 e. The van der Waals surface area contributed by atoms with Crippen LogP contribution in [0.3, 0.4) is 0 Å². The highest BCUT2D eigenvalue weighted by molar-refractivity contribution is 5.99. The maximum Gasteiger partial charge on any atom is 0.411 e. The quantitative estimate of drug-likeness (QED) is 0.167. The fraction of sp³-hybridized carbons (Fsp3) is 0.382. The average Bonchev–Trinajstić information content (AvgIpc) is 3.87. The normalized spacial score (nSPS) is 16.3. The fourth-order valence-electron chi connectivity index (χ4n) is 5.43. The topological polar surface area (TPSA) is 126 Å². The molecule has 1 aliphatic heterocycles. The number of benzene rings is 3. The van der Waals surface area contributed by atoms with Crippen molar-refractivity contribution in [2.45, 2.75) is 44.2 Å². The van der Waals surface area contributed by atoms with Gasteiger partial charge in [-0.2, -0.15) is 0 Å². The summed E-state index contributed by atoms with van der Waals surface area (Å²) in [5.41, 5.74) is 9.93. The first kappa shape index (κ1) is 30.4. The molecule has 0 radical (unpaired) electrons. The number of Topliss-reactive ketones (excluding diaryl/α,β-unsaturated/α-hetero) is 1. The van der Waals surface area contributed by atoms with Gasteiger partial charge < -0.3 is 26.0 Å². The Bertz CT molecular complexity index is 1390. The molecule has 0 bridgehead atoms. The Balaban J connectivity index is 0.981. The van der Waals surface area contributed by atoms with Crippen LogP contribution in [0, 0.1) is 5.92 Å². The molecule has 0 spiro atoms. The number of ketones is 1. The maximum absolute atomic E-state index is 12.7. The molecule has 3 aromatic rings. The predicted molar refractivity (Wildman–Crippen MR) is 169 cm³/mol. The van der Waals surface area contributed by atoms with Crippen LogP contribution in [0.4, 0.5) is 16.2 Å². The lowest BCUT2D eigenvalue weighted by molar-refractivity contribution is -0.116. The molecule has 5 N–H and O–H groups in total. The van der Waals surface area contributed by atoms with Gasteiger partial charge in [-0.3, -0.25) is 14.9 Å². The predicted octanol–water partition coefficient (Wildman–Crippen LogP) is 4.90. The minimum absolute atomic E-state index is 0.0299. The van der Waals surface area contributed by atoms with Gasteiger partial charge in [0, 0.05) is 55.5 Å². The second kappa shape index (κ2) is 14.9. The third-order valence-electron chi connectivity index (χ3n) is 8.06. The summed E-state index contributed by atoms with van der Waals surface area (Å²) < 4.78 is 5.74. The second-order valence-corrected chi connectivity index (χ2v) is 11.4. The van der Waals surface area contributed by atoms with Gasteiger partial charge in [-0.15, -0.1) is 0 Å². The molecule has 1 atom stereocenters. The standard InChI is InChI=1S/C34H41N5O4/c35-30(25-13-14-25)22-33(41)37-27-10-6-9-26(21-27)32(40)23-36-17-20-39-18-15-28(16-19-39)43-34(42)38-31-12-5-4-11-29(31)24-7-2-1-3-8-24/h1-12,21,25,28,30,36H,13-20,22-23,35H2,(H,37,41)(H,38,42). The van der Waals surface area contributed by atoms with E-state index in [1.807, 2.05) is 54.6 Å². The SMILES string of the molecule is NC(CC(=O)Nc1cccc(C(=O)CNCCN2CCC(OC(=O)Nc3ccccc3-c3ccccc3)CC2)c1)C1CC1. The molecule has 2 aliphatic rings. The first-order valence-corrected chi connectivity index (χ1v) is 15.2. The van der Waals surface area contributed by atoms with Crippen LogP contribution in [0.1, 0.15) is 42.5 Å². The molecule has 1 heterocycles. The zero-order chi connectivity index (χ0) is 30.0. The van der Waals surface area contributed by atoms with E-state index >= 15 is 0 Å². The maximum atomic E-state index is 12.7. The van der Waals surface area contributed by atoms with E-state index in [2.05, 4.69) is 20.9 Å². The number of piperidine rings is 1. The average molecular weight is 584 g/mol. The Morgan fingerprint density at radius 1 is 0.884 bits per heavy atom. The molecule has 9 heteroatoms. The Labute approximate surface area is 253 Å². The van der Waals surface area contributed by atoms with Gasteiger partial charge in [0.25, 0.3) is 0 Å². The lowest BCUT2D eigenvalue weighted by Crippen LogP contribution is -2.42. The summed E-state index contributed by atoms with van der Waals surface area (Å²) in [7, 11) is 0. The van der Waals surface area contributed by atoms with Crippen LogP contribution < -0.4 is 21.7 Å². The van der Waals surface area contributed by atoms with Gasteiger partial charge in [0.1, 0.15) is 6.10 Å². The summed E-state index contributed by atoms with van der Waals surface area (Å²) in [6.07, 6.45) is 3.45. The molecule has 2 amide bonds. The number of ether oxygens (including phenoxy) is 1. The number of hydrogen-bond acceptors (Lipinski definition) is 7. The van der Waals surface area contributed by atoms with Gasteiger partial charge in [-0.05, 0) is 55.4 Å². The molecular formula is C34H41N5O4. The number of nitrogens with one attached hydrogen (secondary N) is 3. The van der Waals surface area contributed by atoms with Crippen molar-refractivity contribution in [3.63, 3.8) is 0 Å². The Hall–Kier alpha value is -4.05. The minimum Gasteiger partial charge on any atom is -0.446 e. The third kappa shape index (κ3) is 9.22. The Morgan fingerprint density at radius 2 is 1.63 bits per heavy atom. The molecule has 43 heavy (non-hydrogen) atoms. The molecule has 0 aromatic heterocycles. The smallest absolute Gasteiger partial charge is 0.411 e. The van der Waals surface area contributed by atoms with E-state index in [9.17, 15) is 14.4 Å². The zero-order valence-corrected chi connectivity index (χ0v) is 24.5. The number of carbonyl (C=O) groups excluding carboxylic acids is 3. The number of nitrogens with two attached hydrogens (primary N) is 1. The summed E-state index contributed by atoms with van der Waals surface area (Å²) in [5, 5.41) is 9.02. The van der Waals surface area contributed by atoms with Crippen LogP contribution in [0.2, 0.25) is 0 Å². The molecule has 2 fully saturated rings. The molecule has 1 aliphatic carbocycles. The van der Waals surface area contributed by atoms with Crippen LogP contribution in [-0.4, -0.2) is 67.6 Å². The number of para-hydroxylation sites is 1.